The van der Waals surface area contributed by atoms with Crippen LogP contribution in [0.4, 0.5) is 0 Å². The first-order valence-electron chi connectivity index (χ1n) is 6.85. The van der Waals surface area contributed by atoms with Gasteiger partial charge in [0, 0.05) is 19.0 Å². The van der Waals surface area contributed by atoms with Crippen LogP contribution in [0.25, 0.3) is 11.0 Å². The monoisotopic (exact) mass is 293 g/mol. The van der Waals surface area contributed by atoms with E-state index in [1.807, 2.05) is 19.1 Å². The molecule has 1 atom stereocenters. The van der Waals surface area contributed by atoms with Crippen molar-refractivity contribution in [2.45, 2.75) is 25.7 Å². The second-order valence-corrected chi connectivity index (χ2v) is 7.59. The van der Waals surface area contributed by atoms with Crippen LogP contribution >= 0.6 is 0 Å². The van der Waals surface area contributed by atoms with E-state index in [1.54, 1.807) is 4.31 Å². The first-order chi connectivity index (χ1) is 9.43. The highest BCUT2D eigenvalue weighted by molar-refractivity contribution is 7.88. The van der Waals surface area contributed by atoms with Crippen LogP contribution in [0.15, 0.2) is 18.2 Å². The number of aromatic amines is 1. The van der Waals surface area contributed by atoms with E-state index in [0.717, 1.165) is 29.7 Å². The van der Waals surface area contributed by atoms with Gasteiger partial charge in [0.2, 0.25) is 10.0 Å². The Hall–Kier alpha value is -1.40. The topological polar surface area (TPSA) is 66.1 Å². The summed E-state index contributed by atoms with van der Waals surface area (Å²) < 4.78 is 24.9. The number of piperidine rings is 1. The van der Waals surface area contributed by atoms with Crippen LogP contribution in [0.1, 0.15) is 30.1 Å². The molecule has 2 aromatic rings. The van der Waals surface area contributed by atoms with Crippen LogP contribution in [0.2, 0.25) is 0 Å². The highest BCUT2D eigenvalue weighted by Crippen LogP contribution is 2.28. The molecule has 3 rings (SSSR count). The van der Waals surface area contributed by atoms with Crippen LogP contribution < -0.4 is 0 Å². The summed E-state index contributed by atoms with van der Waals surface area (Å²) in [5.74, 6) is 1.06. The van der Waals surface area contributed by atoms with E-state index in [9.17, 15) is 8.42 Å². The lowest BCUT2D eigenvalue weighted by Crippen LogP contribution is -2.38. The maximum absolute atomic E-state index is 11.7. The van der Waals surface area contributed by atoms with Crippen LogP contribution in [-0.2, 0) is 10.0 Å². The van der Waals surface area contributed by atoms with E-state index in [1.165, 1.54) is 11.8 Å². The third-order valence-corrected chi connectivity index (χ3v) is 5.17. The third-order valence-electron chi connectivity index (χ3n) is 3.90. The molecule has 20 heavy (non-hydrogen) atoms. The molecule has 1 aromatic carbocycles. The van der Waals surface area contributed by atoms with Crippen LogP contribution in [-0.4, -0.2) is 42.0 Å². The standard InChI is InChI=1S/C14H19N3O2S/c1-10-5-6-12-13(8-10)16-14(15-12)11-4-3-7-17(9-11)20(2,18)19/h5-6,8,11H,3-4,7,9H2,1-2H3,(H,15,16)/t11-/m0/s1. The average Bonchev–Trinajstić information content (AvgIpc) is 2.81. The Labute approximate surface area is 119 Å². The van der Waals surface area contributed by atoms with Crippen molar-refractivity contribution >= 4 is 21.1 Å². The molecule has 1 aliphatic heterocycles. The molecule has 2 heterocycles. The van der Waals surface area contributed by atoms with Crippen molar-refractivity contribution in [3.63, 3.8) is 0 Å². The Kier molecular flexibility index (Phi) is 3.30. The third kappa shape index (κ3) is 2.58. The lowest BCUT2D eigenvalue weighted by Gasteiger charge is -2.29. The van der Waals surface area contributed by atoms with E-state index in [-0.39, 0.29) is 5.92 Å². The first-order valence-corrected chi connectivity index (χ1v) is 8.70. The van der Waals surface area contributed by atoms with Crippen molar-refractivity contribution in [3.05, 3.63) is 29.6 Å². The van der Waals surface area contributed by atoms with Gasteiger partial charge in [0.25, 0.3) is 0 Å². The van der Waals surface area contributed by atoms with Gasteiger partial charge in [-0.1, -0.05) is 6.07 Å². The van der Waals surface area contributed by atoms with E-state index >= 15 is 0 Å². The van der Waals surface area contributed by atoms with E-state index in [4.69, 9.17) is 0 Å². The zero-order valence-corrected chi connectivity index (χ0v) is 12.6. The van der Waals surface area contributed by atoms with Gasteiger partial charge >= 0.3 is 0 Å². The number of nitrogens with zero attached hydrogens (tertiary/aromatic N) is 2. The van der Waals surface area contributed by atoms with Gasteiger partial charge in [-0.25, -0.2) is 17.7 Å². The molecule has 1 fully saturated rings. The zero-order valence-electron chi connectivity index (χ0n) is 11.8. The summed E-state index contributed by atoms with van der Waals surface area (Å²) >= 11 is 0. The molecule has 1 aliphatic rings. The molecule has 1 saturated heterocycles. The minimum absolute atomic E-state index is 0.159. The summed E-state index contributed by atoms with van der Waals surface area (Å²) in [6, 6.07) is 6.11. The van der Waals surface area contributed by atoms with Gasteiger partial charge in [-0.05, 0) is 37.5 Å². The second kappa shape index (κ2) is 4.86. The van der Waals surface area contributed by atoms with E-state index < -0.39 is 10.0 Å². The molecule has 0 bridgehead atoms. The molecular formula is C14H19N3O2S. The summed E-state index contributed by atoms with van der Waals surface area (Å²) in [4.78, 5) is 7.96. The average molecular weight is 293 g/mol. The van der Waals surface area contributed by atoms with E-state index in [2.05, 4.69) is 16.0 Å². The number of rotatable bonds is 2. The number of imidazole rings is 1. The Morgan fingerprint density at radius 1 is 1.40 bits per heavy atom. The second-order valence-electron chi connectivity index (χ2n) is 5.60. The Bertz CT molecular complexity index is 736. The van der Waals surface area contributed by atoms with Crippen molar-refractivity contribution in [3.8, 4) is 0 Å². The fourth-order valence-electron chi connectivity index (χ4n) is 2.80. The molecule has 108 valence electrons. The molecule has 0 radical (unpaired) electrons. The van der Waals surface area contributed by atoms with Gasteiger partial charge in [0.1, 0.15) is 5.82 Å². The zero-order chi connectivity index (χ0) is 14.3. The van der Waals surface area contributed by atoms with E-state index in [0.29, 0.717) is 13.1 Å². The van der Waals surface area contributed by atoms with Crippen molar-refractivity contribution in [2.24, 2.45) is 0 Å². The normalized spacial score (nSPS) is 21.4. The highest BCUT2D eigenvalue weighted by Gasteiger charge is 2.28. The predicted octanol–water partition coefficient (Wildman–Crippen LogP) is 2.01. The smallest absolute Gasteiger partial charge is 0.211 e. The summed E-state index contributed by atoms with van der Waals surface area (Å²) in [7, 11) is -3.11. The molecule has 0 saturated carbocycles. The number of sulfonamides is 1. The van der Waals surface area contributed by atoms with Gasteiger partial charge < -0.3 is 4.98 Å². The minimum Gasteiger partial charge on any atom is -0.342 e. The number of H-pyrrole nitrogens is 1. The molecule has 0 amide bonds. The van der Waals surface area contributed by atoms with Crippen molar-refractivity contribution < 1.29 is 8.42 Å². The maximum atomic E-state index is 11.7. The predicted molar refractivity (Wildman–Crippen MR) is 79.2 cm³/mol. The molecule has 1 N–H and O–H groups in total. The van der Waals surface area contributed by atoms with Gasteiger partial charge in [-0.2, -0.15) is 0 Å². The molecule has 1 aromatic heterocycles. The fourth-order valence-corrected chi connectivity index (χ4v) is 3.71. The summed E-state index contributed by atoms with van der Waals surface area (Å²) in [5, 5.41) is 0. The SMILES string of the molecule is Cc1ccc2nc([C@H]3CCCN(S(C)(=O)=O)C3)[nH]c2c1. The number of aryl methyl sites for hydroxylation is 1. The number of nitrogens with one attached hydrogen (secondary N) is 1. The largest absolute Gasteiger partial charge is 0.342 e. The Morgan fingerprint density at radius 3 is 2.95 bits per heavy atom. The highest BCUT2D eigenvalue weighted by atomic mass is 32.2. The number of aromatic nitrogens is 2. The van der Waals surface area contributed by atoms with Crippen molar-refractivity contribution in [1.29, 1.82) is 0 Å². The molecule has 0 unspecified atom stereocenters. The lowest BCUT2D eigenvalue weighted by atomic mass is 9.99. The number of hydrogen-bond acceptors (Lipinski definition) is 3. The maximum Gasteiger partial charge on any atom is 0.211 e. The van der Waals surface area contributed by atoms with Crippen molar-refractivity contribution in [1.82, 2.24) is 14.3 Å². The molecular weight excluding hydrogens is 274 g/mol. The lowest BCUT2D eigenvalue weighted by molar-refractivity contribution is 0.312. The summed E-state index contributed by atoms with van der Waals surface area (Å²) in [5.41, 5.74) is 3.16. The minimum atomic E-state index is -3.11. The molecule has 0 spiro atoms. The van der Waals surface area contributed by atoms with Gasteiger partial charge in [-0.3, -0.25) is 0 Å². The number of fused-ring (bicyclic) bond motifs is 1. The summed E-state index contributed by atoms with van der Waals surface area (Å²) in [6.07, 6.45) is 3.13. The Balaban J connectivity index is 1.90. The van der Waals surface area contributed by atoms with Crippen molar-refractivity contribution in [2.75, 3.05) is 19.3 Å². The Morgan fingerprint density at radius 2 is 2.20 bits per heavy atom. The molecule has 6 heteroatoms. The first kappa shape index (κ1) is 13.6. The number of hydrogen-bond donors (Lipinski definition) is 1. The quantitative estimate of drug-likeness (QED) is 0.921. The van der Waals surface area contributed by atoms with Crippen LogP contribution in [0.3, 0.4) is 0 Å². The summed E-state index contributed by atoms with van der Waals surface area (Å²) in [6.45, 7) is 3.19. The molecule has 0 aliphatic carbocycles. The van der Waals surface area contributed by atoms with Gasteiger partial charge in [-0.15, -0.1) is 0 Å². The van der Waals surface area contributed by atoms with Crippen LogP contribution in [0, 0.1) is 6.92 Å². The number of benzene rings is 1. The van der Waals surface area contributed by atoms with Crippen LogP contribution in [0.5, 0.6) is 0 Å². The van der Waals surface area contributed by atoms with Gasteiger partial charge in [0.15, 0.2) is 0 Å². The van der Waals surface area contributed by atoms with Gasteiger partial charge in [0.05, 0.1) is 17.3 Å². The molecule has 5 nitrogen and oxygen atoms in total. The fraction of sp³-hybridized carbons (Fsp3) is 0.500.